The molecule has 5 heteroatoms. The molecule has 0 spiro atoms. The van der Waals surface area contributed by atoms with Crippen molar-refractivity contribution in [3.05, 3.63) is 46.6 Å². The van der Waals surface area contributed by atoms with E-state index >= 15 is 0 Å². The number of guanidine groups is 1. The summed E-state index contributed by atoms with van der Waals surface area (Å²) in [4.78, 5) is 4.17. The van der Waals surface area contributed by atoms with Gasteiger partial charge < -0.3 is 15.1 Å². The first-order chi connectivity index (χ1) is 10.1. The fourth-order valence-electron chi connectivity index (χ4n) is 1.88. The molecule has 0 aliphatic heterocycles. The molecule has 21 heavy (non-hydrogen) atoms. The summed E-state index contributed by atoms with van der Waals surface area (Å²) in [6.07, 6.45) is 0. The van der Waals surface area contributed by atoms with E-state index in [0.29, 0.717) is 12.6 Å². The summed E-state index contributed by atoms with van der Waals surface area (Å²) in [5, 5.41) is 6.47. The van der Waals surface area contributed by atoms with Crippen LogP contribution in [0.15, 0.2) is 50.3 Å². The van der Waals surface area contributed by atoms with E-state index in [1.807, 2.05) is 36.4 Å². The van der Waals surface area contributed by atoms with Crippen LogP contribution in [0.1, 0.15) is 19.6 Å². The molecule has 0 radical (unpaired) electrons. The minimum atomic E-state index is 0.339. The van der Waals surface area contributed by atoms with Crippen molar-refractivity contribution in [2.24, 2.45) is 4.99 Å². The van der Waals surface area contributed by atoms with Gasteiger partial charge in [-0.05, 0) is 38.1 Å². The number of nitrogens with one attached hydrogen (secondary N) is 2. The zero-order chi connectivity index (χ0) is 15.2. The second-order valence-electron chi connectivity index (χ2n) is 5.00. The third-order valence-corrected chi connectivity index (χ3v) is 3.40. The van der Waals surface area contributed by atoms with Crippen molar-refractivity contribution in [2.75, 3.05) is 7.05 Å². The molecule has 1 aromatic carbocycles. The first-order valence-electron chi connectivity index (χ1n) is 6.90. The van der Waals surface area contributed by atoms with E-state index in [9.17, 15) is 0 Å². The van der Waals surface area contributed by atoms with Crippen LogP contribution in [0.3, 0.4) is 0 Å². The predicted octanol–water partition coefficient (Wildman–Crippen LogP) is 3.78. The molecule has 4 nitrogen and oxygen atoms in total. The molecule has 0 saturated carbocycles. The Morgan fingerprint density at radius 2 is 1.90 bits per heavy atom. The van der Waals surface area contributed by atoms with Crippen LogP contribution in [0.2, 0.25) is 0 Å². The maximum absolute atomic E-state index is 5.85. The van der Waals surface area contributed by atoms with E-state index in [1.165, 1.54) is 0 Å². The Bertz CT molecular complexity index is 602. The largest absolute Gasteiger partial charge is 0.459 e. The molecule has 2 rings (SSSR count). The Hall–Kier alpha value is -1.75. The van der Waals surface area contributed by atoms with Gasteiger partial charge in [-0.1, -0.05) is 28.1 Å². The number of hydrogen-bond acceptors (Lipinski definition) is 2. The Balaban J connectivity index is 1.98. The average molecular weight is 350 g/mol. The van der Waals surface area contributed by atoms with Crippen molar-refractivity contribution in [3.63, 3.8) is 0 Å². The third kappa shape index (κ3) is 4.63. The topological polar surface area (TPSA) is 49.6 Å². The minimum absolute atomic E-state index is 0.339. The van der Waals surface area contributed by atoms with Gasteiger partial charge in [0.15, 0.2) is 5.96 Å². The van der Waals surface area contributed by atoms with Gasteiger partial charge in [0.2, 0.25) is 0 Å². The molecule has 1 aromatic heterocycles. The molecule has 0 atom stereocenters. The normalized spacial score (nSPS) is 11.8. The van der Waals surface area contributed by atoms with E-state index < -0.39 is 0 Å². The van der Waals surface area contributed by atoms with Crippen molar-refractivity contribution in [3.8, 4) is 11.3 Å². The molecule has 1 heterocycles. The molecule has 0 amide bonds. The second-order valence-corrected chi connectivity index (χ2v) is 5.91. The van der Waals surface area contributed by atoms with Crippen LogP contribution in [0.5, 0.6) is 0 Å². The van der Waals surface area contributed by atoms with Gasteiger partial charge in [-0.3, -0.25) is 4.99 Å². The monoisotopic (exact) mass is 349 g/mol. The van der Waals surface area contributed by atoms with Gasteiger partial charge in [-0.15, -0.1) is 0 Å². The molecule has 0 bridgehead atoms. The molecular formula is C16H20BrN3O. The standard InChI is InChI=1S/C16H20BrN3O/c1-11(2)20-16(18-3)19-10-14-8-9-15(21-14)12-4-6-13(17)7-5-12/h4-9,11H,10H2,1-3H3,(H2,18,19,20). The van der Waals surface area contributed by atoms with Gasteiger partial charge >= 0.3 is 0 Å². The second kappa shape index (κ2) is 7.31. The van der Waals surface area contributed by atoms with Crippen LogP contribution in [-0.2, 0) is 6.54 Å². The summed E-state index contributed by atoms with van der Waals surface area (Å²) in [6, 6.07) is 12.4. The zero-order valence-corrected chi connectivity index (χ0v) is 14.1. The number of benzene rings is 1. The summed E-state index contributed by atoms with van der Waals surface area (Å²) >= 11 is 3.43. The van der Waals surface area contributed by atoms with Crippen LogP contribution in [0.4, 0.5) is 0 Å². The minimum Gasteiger partial charge on any atom is -0.459 e. The Labute approximate surface area is 133 Å². The van der Waals surface area contributed by atoms with E-state index in [-0.39, 0.29) is 0 Å². The smallest absolute Gasteiger partial charge is 0.191 e. The molecule has 0 saturated heterocycles. The predicted molar refractivity (Wildman–Crippen MR) is 90.3 cm³/mol. The van der Waals surface area contributed by atoms with Gasteiger partial charge in [0.25, 0.3) is 0 Å². The molecule has 112 valence electrons. The molecule has 0 unspecified atom stereocenters. The summed E-state index contributed by atoms with van der Waals surface area (Å²) in [7, 11) is 1.76. The Morgan fingerprint density at radius 3 is 2.52 bits per heavy atom. The highest BCUT2D eigenvalue weighted by Gasteiger charge is 2.06. The number of hydrogen-bond donors (Lipinski definition) is 2. The maximum Gasteiger partial charge on any atom is 0.191 e. The zero-order valence-electron chi connectivity index (χ0n) is 12.5. The van der Waals surface area contributed by atoms with Crippen molar-refractivity contribution >= 4 is 21.9 Å². The number of furan rings is 1. The van der Waals surface area contributed by atoms with Gasteiger partial charge in [0, 0.05) is 23.1 Å². The van der Waals surface area contributed by atoms with Gasteiger partial charge in [-0.25, -0.2) is 0 Å². The molecule has 0 aliphatic rings. The fraction of sp³-hybridized carbons (Fsp3) is 0.312. The summed E-state index contributed by atoms with van der Waals surface area (Å²) in [6.45, 7) is 4.75. The van der Waals surface area contributed by atoms with Gasteiger partial charge in [0.1, 0.15) is 11.5 Å². The number of halogens is 1. The average Bonchev–Trinajstić information content (AvgIpc) is 2.92. The van der Waals surface area contributed by atoms with Crippen molar-refractivity contribution in [2.45, 2.75) is 26.4 Å². The van der Waals surface area contributed by atoms with E-state index in [1.54, 1.807) is 7.05 Å². The van der Waals surface area contributed by atoms with Gasteiger partial charge in [-0.2, -0.15) is 0 Å². The summed E-state index contributed by atoms with van der Waals surface area (Å²) in [5.41, 5.74) is 1.06. The Kier molecular flexibility index (Phi) is 5.44. The van der Waals surface area contributed by atoms with Crippen LogP contribution in [-0.4, -0.2) is 19.0 Å². The SMILES string of the molecule is CN=C(NCc1ccc(-c2ccc(Br)cc2)o1)NC(C)C. The van der Waals surface area contributed by atoms with E-state index in [4.69, 9.17) is 4.42 Å². The maximum atomic E-state index is 5.85. The number of nitrogens with zero attached hydrogens (tertiary/aromatic N) is 1. The lowest BCUT2D eigenvalue weighted by atomic mass is 10.2. The van der Waals surface area contributed by atoms with Crippen molar-refractivity contribution in [1.29, 1.82) is 0 Å². The summed E-state index contributed by atoms with van der Waals surface area (Å²) in [5.74, 6) is 2.51. The Morgan fingerprint density at radius 1 is 1.19 bits per heavy atom. The summed E-state index contributed by atoms with van der Waals surface area (Å²) < 4.78 is 6.91. The highest BCUT2D eigenvalue weighted by molar-refractivity contribution is 9.10. The van der Waals surface area contributed by atoms with Crippen LogP contribution in [0.25, 0.3) is 11.3 Å². The lowest BCUT2D eigenvalue weighted by Crippen LogP contribution is -2.40. The van der Waals surface area contributed by atoms with Crippen LogP contribution < -0.4 is 10.6 Å². The lowest BCUT2D eigenvalue weighted by molar-refractivity contribution is 0.512. The molecule has 0 fully saturated rings. The highest BCUT2D eigenvalue weighted by atomic mass is 79.9. The lowest BCUT2D eigenvalue weighted by Gasteiger charge is -2.13. The third-order valence-electron chi connectivity index (χ3n) is 2.87. The van der Waals surface area contributed by atoms with Crippen LogP contribution >= 0.6 is 15.9 Å². The molecule has 2 N–H and O–H groups in total. The van der Waals surface area contributed by atoms with Crippen LogP contribution in [0, 0.1) is 0 Å². The van der Waals surface area contributed by atoms with E-state index in [2.05, 4.69) is 45.4 Å². The first kappa shape index (κ1) is 15.6. The van der Waals surface area contributed by atoms with Crippen molar-refractivity contribution < 1.29 is 4.42 Å². The molecule has 0 aliphatic carbocycles. The fourth-order valence-corrected chi connectivity index (χ4v) is 2.15. The molecule has 2 aromatic rings. The van der Waals surface area contributed by atoms with E-state index in [0.717, 1.165) is 27.5 Å². The van der Waals surface area contributed by atoms with Crippen molar-refractivity contribution in [1.82, 2.24) is 10.6 Å². The highest BCUT2D eigenvalue weighted by Crippen LogP contribution is 2.23. The first-order valence-corrected chi connectivity index (χ1v) is 7.69. The van der Waals surface area contributed by atoms with Gasteiger partial charge in [0.05, 0.1) is 6.54 Å². The number of rotatable bonds is 4. The quantitative estimate of drug-likeness (QED) is 0.652. The molecular weight excluding hydrogens is 330 g/mol. The number of aliphatic imine (C=N–C) groups is 1.